The van der Waals surface area contributed by atoms with E-state index < -0.39 is 0 Å². The van der Waals surface area contributed by atoms with Crippen LogP contribution in [-0.4, -0.2) is 29.8 Å². The summed E-state index contributed by atoms with van der Waals surface area (Å²) in [4.78, 5) is 16.8. The van der Waals surface area contributed by atoms with Gasteiger partial charge in [-0.3, -0.25) is 4.79 Å². The highest BCUT2D eigenvalue weighted by Crippen LogP contribution is 2.28. The molecule has 8 nitrogen and oxygen atoms in total. The topological polar surface area (TPSA) is 95.7 Å². The van der Waals surface area contributed by atoms with Crippen molar-refractivity contribution >= 4 is 11.6 Å². The number of carbonyl (C=O) groups excluding carboxylic acids is 1. The average Bonchev–Trinajstić information content (AvgIpc) is 3.31. The average molecular weight is 445 g/mol. The SMILES string of the molecule is COc1ccccc1NC(=O)COc1ccccc1-c1noc(COc2cccc(C)c2)n1. The van der Waals surface area contributed by atoms with E-state index in [1.807, 2.05) is 49.4 Å². The first kappa shape index (κ1) is 21.9. The van der Waals surface area contributed by atoms with Gasteiger partial charge in [0.1, 0.15) is 17.2 Å². The smallest absolute Gasteiger partial charge is 0.264 e. The third kappa shape index (κ3) is 5.68. The maximum absolute atomic E-state index is 12.4. The molecule has 0 bridgehead atoms. The minimum atomic E-state index is -0.324. The zero-order valence-corrected chi connectivity index (χ0v) is 18.3. The number of carbonyl (C=O) groups is 1. The van der Waals surface area contributed by atoms with E-state index in [2.05, 4.69) is 15.5 Å². The van der Waals surface area contributed by atoms with Crippen LogP contribution in [0.3, 0.4) is 0 Å². The van der Waals surface area contributed by atoms with Crippen molar-refractivity contribution in [1.82, 2.24) is 10.1 Å². The van der Waals surface area contributed by atoms with Gasteiger partial charge in [0, 0.05) is 0 Å². The Hall–Kier alpha value is -4.33. The van der Waals surface area contributed by atoms with E-state index in [-0.39, 0.29) is 19.1 Å². The number of rotatable bonds is 9. The summed E-state index contributed by atoms with van der Waals surface area (Å²) >= 11 is 0. The molecule has 8 heteroatoms. The van der Waals surface area contributed by atoms with Gasteiger partial charge in [0.2, 0.25) is 5.82 Å². The number of para-hydroxylation sites is 3. The van der Waals surface area contributed by atoms with Crippen molar-refractivity contribution in [2.75, 3.05) is 19.0 Å². The highest BCUT2D eigenvalue weighted by Gasteiger charge is 2.15. The van der Waals surface area contributed by atoms with E-state index in [9.17, 15) is 4.79 Å². The lowest BCUT2D eigenvalue weighted by molar-refractivity contribution is -0.118. The second kappa shape index (κ2) is 10.3. The van der Waals surface area contributed by atoms with E-state index >= 15 is 0 Å². The molecule has 168 valence electrons. The van der Waals surface area contributed by atoms with Crippen molar-refractivity contribution < 1.29 is 23.5 Å². The monoisotopic (exact) mass is 445 g/mol. The Morgan fingerprint density at radius 2 is 1.76 bits per heavy atom. The number of hydrogen-bond donors (Lipinski definition) is 1. The molecular formula is C25H23N3O5. The van der Waals surface area contributed by atoms with Crippen LogP contribution in [0.25, 0.3) is 11.4 Å². The Morgan fingerprint density at radius 1 is 0.970 bits per heavy atom. The van der Waals surface area contributed by atoms with Crippen LogP contribution in [0.1, 0.15) is 11.5 Å². The number of aryl methyl sites for hydroxylation is 1. The molecule has 0 spiro atoms. The van der Waals surface area contributed by atoms with Crippen molar-refractivity contribution in [3.8, 4) is 28.6 Å². The molecule has 0 atom stereocenters. The quantitative estimate of drug-likeness (QED) is 0.401. The molecule has 0 unspecified atom stereocenters. The molecule has 0 saturated heterocycles. The largest absolute Gasteiger partial charge is 0.495 e. The highest BCUT2D eigenvalue weighted by atomic mass is 16.5. The maximum Gasteiger partial charge on any atom is 0.264 e. The van der Waals surface area contributed by atoms with Crippen molar-refractivity contribution in [2.45, 2.75) is 13.5 Å². The highest BCUT2D eigenvalue weighted by molar-refractivity contribution is 5.93. The number of nitrogens with one attached hydrogen (secondary N) is 1. The summed E-state index contributed by atoms with van der Waals surface area (Å²) in [6.45, 7) is 1.93. The molecule has 1 aromatic heterocycles. The number of hydrogen-bond acceptors (Lipinski definition) is 7. The van der Waals surface area contributed by atoms with Crippen molar-refractivity contribution in [2.24, 2.45) is 0 Å². The number of anilines is 1. The Bertz CT molecular complexity index is 1240. The Morgan fingerprint density at radius 3 is 2.58 bits per heavy atom. The van der Waals surface area contributed by atoms with E-state index in [0.717, 1.165) is 11.3 Å². The van der Waals surface area contributed by atoms with E-state index in [4.69, 9.17) is 18.7 Å². The lowest BCUT2D eigenvalue weighted by atomic mass is 10.2. The first-order valence-electron chi connectivity index (χ1n) is 10.3. The summed E-state index contributed by atoms with van der Waals surface area (Å²) in [5.41, 5.74) is 2.27. The Balaban J connectivity index is 1.40. The molecule has 0 aliphatic carbocycles. The van der Waals surface area contributed by atoms with E-state index in [0.29, 0.717) is 34.5 Å². The fourth-order valence-corrected chi connectivity index (χ4v) is 3.13. The van der Waals surface area contributed by atoms with Crippen molar-refractivity contribution in [3.05, 3.63) is 84.3 Å². The van der Waals surface area contributed by atoms with Crippen LogP contribution >= 0.6 is 0 Å². The lowest BCUT2D eigenvalue weighted by Gasteiger charge is -2.11. The summed E-state index contributed by atoms with van der Waals surface area (Å²) in [7, 11) is 1.54. The molecule has 3 aromatic carbocycles. The molecule has 0 fully saturated rings. The Labute approximate surface area is 191 Å². The van der Waals surface area contributed by atoms with Crippen molar-refractivity contribution in [1.29, 1.82) is 0 Å². The van der Waals surface area contributed by atoms with Crippen LogP contribution in [0, 0.1) is 6.92 Å². The maximum atomic E-state index is 12.4. The summed E-state index contributed by atoms with van der Waals surface area (Å²) in [6, 6.07) is 22.0. The minimum Gasteiger partial charge on any atom is -0.495 e. The number of methoxy groups -OCH3 is 1. The van der Waals surface area contributed by atoms with Crippen molar-refractivity contribution in [3.63, 3.8) is 0 Å². The van der Waals surface area contributed by atoms with Gasteiger partial charge >= 0.3 is 0 Å². The minimum absolute atomic E-state index is 0.140. The molecule has 1 heterocycles. The summed E-state index contributed by atoms with van der Waals surface area (Å²) in [5, 5.41) is 6.81. The van der Waals surface area contributed by atoms with Gasteiger partial charge in [-0.1, -0.05) is 41.6 Å². The molecule has 33 heavy (non-hydrogen) atoms. The second-order valence-corrected chi connectivity index (χ2v) is 7.15. The van der Waals surface area contributed by atoms with Gasteiger partial charge in [0.15, 0.2) is 13.2 Å². The lowest BCUT2D eigenvalue weighted by Crippen LogP contribution is -2.20. The fourth-order valence-electron chi connectivity index (χ4n) is 3.13. The molecule has 0 aliphatic rings. The third-order valence-corrected chi connectivity index (χ3v) is 4.69. The molecule has 1 N–H and O–H groups in total. The first-order valence-corrected chi connectivity index (χ1v) is 10.3. The van der Waals surface area contributed by atoms with E-state index in [1.165, 1.54) is 0 Å². The van der Waals surface area contributed by atoms with Gasteiger partial charge < -0.3 is 24.1 Å². The van der Waals surface area contributed by atoms with E-state index in [1.54, 1.807) is 37.4 Å². The molecule has 0 aliphatic heterocycles. The summed E-state index contributed by atoms with van der Waals surface area (Å²) < 4.78 is 22.0. The predicted molar refractivity (Wildman–Crippen MR) is 122 cm³/mol. The van der Waals surface area contributed by atoms with Gasteiger partial charge in [-0.2, -0.15) is 4.98 Å². The van der Waals surface area contributed by atoms with Gasteiger partial charge in [-0.25, -0.2) is 0 Å². The predicted octanol–water partition coefficient (Wildman–Crippen LogP) is 4.65. The number of benzene rings is 3. The number of aromatic nitrogens is 2. The van der Waals surface area contributed by atoms with Crippen LogP contribution in [-0.2, 0) is 11.4 Å². The second-order valence-electron chi connectivity index (χ2n) is 7.15. The third-order valence-electron chi connectivity index (χ3n) is 4.69. The first-order chi connectivity index (χ1) is 16.1. The molecule has 0 saturated carbocycles. The summed E-state index contributed by atoms with van der Waals surface area (Å²) in [6.07, 6.45) is 0. The summed E-state index contributed by atoms with van der Waals surface area (Å²) in [5.74, 6) is 2.10. The van der Waals surface area contributed by atoms with Crippen LogP contribution in [0.2, 0.25) is 0 Å². The molecule has 0 radical (unpaired) electrons. The molecule has 4 aromatic rings. The standard InChI is InChI=1S/C25H23N3O5/c1-17-8-7-9-18(14-17)31-16-24-27-25(28-33-24)19-10-3-5-12-21(19)32-15-23(29)26-20-11-4-6-13-22(20)30-2/h3-14H,15-16H2,1-2H3,(H,26,29). The molecule has 4 rings (SSSR count). The number of ether oxygens (including phenoxy) is 3. The zero-order chi connectivity index (χ0) is 23.0. The normalized spacial score (nSPS) is 10.5. The van der Waals surface area contributed by atoms with Crippen LogP contribution < -0.4 is 19.5 Å². The molecular weight excluding hydrogens is 422 g/mol. The van der Waals surface area contributed by atoms with Gasteiger partial charge in [-0.05, 0) is 48.9 Å². The number of amides is 1. The Kier molecular flexibility index (Phi) is 6.84. The van der Waals surface area contributed by atoms with Gasteiger partial charge in [0.25, 0.3) is 11.8 Å². The van der Waals surface area contributed by atoms with Crippen LogP contribution in [0.4, 0.5) is 5.69 Å². The number of nitrogens with zero attached hydrogens (tertiary/aromatic N) is 2. The van der Waals surface area contributed by atoms with Gasteiger partial charge in [0.05, 0.1) is 18.4 Å². The zero-order valence-electron chi connectivity index (χ0n) is 18.3. The van der Waals surface area contributed by atoms with Gasteiger partial charge in [-0.15, -0.1) is 0 Å². The molecule has 1 amide bonds. The van der Waals surface area contributed by atoms with Crippen LogP contribution in [0.15, 0.2) is 77.3 Å². The van der Waals surface area contributed by atoms with Crippen LogP contribution in [0.5, 0.6) is 17.2 Å². The fraction of sp³-hybridized carbons (Fsp3) is 0.160.